The molecular formula is C19H19N5O3. The predicted octanol–water partition coefficient (Wildman–Crippen LogP) is 1.64. The number of benzene rings is 1. The molecule has 27 heavy (non-hydrogen) atoms. The molecule has 2 aromatic heterocycles. The van der Waals surface area contributed by atoms with Crippen molar-refractivity contribution < 1.29 is 14.3 Å². The maximum Gasteiger partial charge on any atom is 0.264 e. The number of hydrogen-bond donors (Lipinski definition) is 2. The zero-order valence-corrected chi connectivity index (χ0v) is 14.5. The summed E-state index contributed by atoms with van der Waals surface area (Å²) in [5.41, 5.74) is 0. The third-order valence-electron chi connectivity index (χ3n) is 4.05. The van der Waals surface area contributed by atoms with Gasteiger partial charge in [-0.25, -0.2) is 9.97 Å². The Morgan fingerprint density at radius 3 is 2.78 bits per heavy atom. The molecule has 0 radical (unpaired) electrons. The molecule has 0 saturated heterocycles. The number of ether oxygens (including phenoxy) is 2. The zero-order chi connectivity index (χ0) is 18.5. The monoisotopic (exact) mass is 365 g/mol. The number of anilines is 1. The summed E-state index contributed by atoms with van der Waals surface area (Å²) in [7, 11) is 0. The summed E-state index contributed by atoms with van der Waals surface area (Å²) in [6.07, 6.45) is 4.67. The van der Waals surface area contributed by atoms with Gasteiger partial charge in [-0.15, -0.1) is 0 Å². The van der Waals surface area contributed by atoms with Crippen molar-refractivity contribution in [2.24, 2.45) is 0 Å². The highest BCUT2D eigenvalue weighted by atomic mass is 16.6. The lowest BCUT2D eigenvalue weighted by molar-refractivity contribution is -0.130. The van der Waals surface area contributed by atoms with Crippen LogP contribution in [0, 0.1) is 0 Å². The molecule has 1 aliphatic rings. The summed E-state index contributed by atoms with van der Waals surface area (Å²) in [4.78, 5) is 20.7. The van der Waals surface area contributed by atoms with E-state index < -0.39 is 6.10 Å². The first-order valence-corrected chi connectivity index (χ1v) is 8.65. The highest BCUT2D eigenvalue weighted by Crippen LogP contribution is 2.30. The Labute approximate surface area is 156 Å². The van der Waals surface area contributed by atoms with Crippen molar-refractivity contribution in [3.63, 3.8) is 0 Å². The highest BCUT2D eigenvalue weighted by Gasteiger charge is 2.26. The van der Waals surface area contributed by atoms with E-state index in [-0.39, 0.29) is 12.5 Å². The number of nitrogens with zero attached hydrogens (tertiary/aromatic N) is 3. The van der Waals surface area contributed by atoms with Crippen LogP contribution in [0.25, 0.3) is 5.82 Å². The second-order valence-electron chi connectivity index (χ2n) is 5.93. The molecule has 1 aromatic carbocycles. The predicted molar refractivity (Wildman–Crippen MR) is 99.2 cm³/mol. The molecule has 0 bridgehead atoms. The molecule has 1 atom stereocenters. The Morgan fingerprint density at radius 2 is 1.93 bits per heavy atom. The molecule has 8 nitrogen and oxygen atoms in total. The van der Waals surface area contributed by atoms with Gasteiger partial charge >= 0.3 is 0 Å². The summed E-state index contributed by atoms with van der Waals surface area (Å²) in [5.74, 6) is 2.50. The minimum Gasteiger partial charge on any atom is -0.485 e. The SMILES string of the molecule is O=C(NCCNc1cc(-n2cccc2)ncn1)C1COc2ccccc2O1. The molecule has 0 aliphatic carbocycles. The van der Waals surface area contributed by atoms with E-state index in [1.165, 1.54) is 6.33 Å². The fourth-order valence-electron chi connectivity index (χ4n) is 2.71. The van der Waals surface area contributed by atoms with Crippen LogP contribution < -0.4 is 20.1 Å². The van der Waals surface area contributed by atoms with Crippen LogP contribution in [-0.2, 0) is 4.79 Å². The largest absolute Gasteiger partial charge is 0.485 e. The van der Waals surface area contributed by atoms with Crippen molar-refractivity contribution in [1.29, 1.82) is 0 Å². The van der Waals surface area contributed by atoms with Gasteiger partial charge in [0.15, 0.2) is 11.5 Å². The molecule has 3 aromatic rings. The second kappa shape index (κ2) is 7.77. The lowest BCUT2D eigenvalue weighted by Crippen LogP contribution is -2.45. The quantitative estimate of drug-likeness (QED) is 0.646. The molecule has 1 unspecified atom stereocenters. The Bertz CT molecular complexity index is 913. The van der Waals surface area contributed by atoms with Crippen LogP contribution in [0.3, 0.4) is 0 Å². The first kappa shape index (κ1) is 16.9. The van der Waals surface area contributed by atoms with Crippen LogP contribution >= 0.6 is 0 Å². The average molecular weight is 365 g/mol. The highest BCUT2D eigenvalue weighted by molar-refractivity contribution is 5.81. The first-order chi connectivity index (χ1) is 13.3. The van der Waals surface area contributed by atoms with Crippen molar-refractivity contribution in [3.8, 4) is 17.3 Å². The summed E-state index contributed by atoms with van der Waals surface area (Å²) < 4.78 is 13.1. The van der Waals surface area contributed by atoms with Gasteiger partial charge in [0.25, 0.3) is 5.91 Å². The van der Waals surface area contributed by atoms with Crippen LogP contribution in [0.1, 0.15) is 0 Å². The van der Waals surface area contributed by atoms with Crippen molar-refractivity contribution in [3.05, 3.63) is 61.2 Å². The van der Waals surface area contributed by atoms with Crippen LogP contribution in [0.15, 0.2) is 61.2 Å². The molecule has 4 rings (SSSR count). The fraction of sp³-hybridized carbons (Fsp3) is 0.211. The number of para-hydroxylation sites is 2. The van der Waals surface area contributed by atoms with Crippen molar-refractivity contribution in [2.75, 3.05) is 25.0 Å². The van der Waals surface area contributed by atoms with E-state index in [2.05, 4.69) is 20.6 Å². The van der Waals surface area contributed by atoms with Crippen molar-refractivity contribution >= 4 is 11.7 Å². The van der Waals surface area contributed by atoms with E-state index in [0.717, 1.165) is 5.82 Å². The molecule has 3 heterocycles. The molecule has 0 saturated carbocycles. The number of rotatable bonds is 6. The zero-order valence-electron chi connectivity index (χ0n) is 14.5. The van der Waals surface area contributed by atoms with Gasteiger partial charge in [-0.1, -0.05) is 12.1 Å². The number of amides is 1. The number of carbonyl (C=O) groups is 1. The fourth-order valence-corrected chi connectivity index (χ4v) is 2.71. The maximum atomic E-state index is 12.3. The van der Waals surface area contributed by atoms with Crippen LogP contribution in [0.2, 0.25) is 0 Å². The van der Waals surface area contributed by atoms with Crippen LogP contribution in [-0.4, -0.2) is 46.2 Å². The van der Waals surface area contributed by atoms with Gasteiger partial charge < -0.3 is 24.7 Å². The lowest BCUT2D eigenvalue weighted by atomic mass is 10.2. The number of fused-ring (bicyclic) bond motifs is 1. The number of aromatic nitrogens is 3. The van der Waals surface area contributed by atoms with E-state index in [1.54, 1.807) is 6.07 Å². The molecule has 1 amide bonds. The van der Waals surface area contributed by atoms with Crippen molar-refractivity contribution in [1.82, 2.24) is 19.9 Å². The topological polar surface area (TPSA) is 90.3 Å². The molecule has 0 spiro atoms. The molecule has 0 fully saturated rings. The number of carbonyl (C=O) groups excluding carboxylic acids is 1. The molecule has 1 aliphatic heterocycles. The summed E-state index contributed by atoms with van der Waals surface area (Å²) in [6, 6.07) is 13.0. The smallest absolute Gasteiger partial charge is 0.264 e. The summed E-state index contributed by atoms with van der Waals surface area (Å²) in [6.45, 7) is 1.16. The number of nitrogens with one attached hydrogen (secondary N) is 2. The van der Waals surface area contributed by atoms with E-state index >= 15 is 0 Å². The Morgan fingerprint density at radius 1 is 1.11 bits per heavy atom. The van der Waals surface area contributed by atoms with E-state index in [9.17, 15) is 4.79 Å². The normalized spacial score (nSPS) is 15.2. The van der Waals surface area contributed by atoms with Gasteiger partial charge in [-0.2, -0.15) is 0 Å². The minimum atomic E-state index is -0.653. The van der Waals surface area contributed by atoms with E-state index in [0.29, 0.717) is 30.4 Å². The van der Waals surface area contributed by atoms with E-state index in [1.807, 2.05) is 53.4 Å². The van der Waals surface area contributed by atoms with Crippen LogP contribution in [0.4, 0.5) is 5.82 Å². The Balaban J connectivity index is 1.25. The average Bonchev–Trinajstić information content (AvgIpc) is 3.26. The third-order valence-corrected chi connectivity index (χ3v) is 4.05. The first-order valence-electron chi connectivity index (χ1n) is 8.65. The Kier molecular flexibility index (Phi) is 4.86. The summed E-state index contributed by atoms with van der Waals surface area (Å²) >= 11 is 0. The van der Waals surface area contributed by atoms with Gasteiger partial charge in [0.05, 0.1) is 0 Å². The maximum absolute atomic E-state index is 12.3. The Hall–Kier alpha value is -3.55. The van der Waals surface area contributed by atoms with Gasteiger partial charge in [0.2, 0.25) is 6.10 Å². The standard InChI is InChI=1S/C19H19N5O3/c25-19(16-12-26-14-5-1-2-6-15(14)27-16)21-8-7-20-17-11-18(23-13-22-17)24-9-3-4-10-24/h1-6,9-11,13,16H,7-8,12H2,(H,21,25)(H,20,22,23). The van der Waals surface area contributed by atoms with Crippen molar-refractivity contribution in [2.45, 2.75) is 6.10 Å². The second-order valence-corrected chi connectivity index (χ2v) is 5.93. The van der Waals surface area contributed by atoms with Gasteiger partial charge in [-0.3, -0.25) is 4.79 Å². The minimum absolute atomic E-state index is 0.197. The van der Waals surface area contributed by atoms with Crippen LogP contribution in [0.5, 0.6) is 11.5 Å². The molecule has 8 heteroatoms. The van der Waals surface area contributed by atoms with Gasteiger partial charge in [-0.05, 0) is 24.3 Å². The number of hydrogen-bond acceptors (Lipinski definition) is 6. The molecule has 2 N–H and O–H groups in total. The van der Waals surface area contributed by atoms with E-state index in [4.69, 9.17) is 9.47 Å². The van der Waals surface area contributed by atoms with Gasteiger partial charge in [0.1, 0.15) is 24.6 Å². The summed E-state index contributed by atoms with van der Waals surface area (Å²) in [5, 5.41) is 6.01. The third kappa shape index (κ3) is 4.00. The molecular weight excluding hydrogens is 346 g/mol. The van der Waals surface area contributed by atoms with Gasteiger partial charge in [0, 0.05) is 31.5 Å². The molecule has 138 valence electrons. The lowest BCUT2D eigenvalue weighted by Gasteiger charge is -2.25.